The van der Waals surface area contributed by atoms with E-state index in [1.165, 1.54) is 18.2 Å². The number of para-hydroxylation sites is 1. The number of carbonyl (C=O) groups is 1. The number of aliphatic imine (C=N–C) groups is 1. The standard InChI is InChI=1S/C17H12FNO3/c1-21-15-8-3-2-5-11(15)10-14-17(20)22-16(19-14)12-6-4-7-13(18)9-12/h2-10H,1H3/b14-10+. The third kappa shape index (κ3) is 2.74. The highest BCUT2D eigenvalue weighted by Crippen LogP contribution is 2.24. The molecular weight excluding hydrogens is 285 g/mol. The molecule has 5 heteroatoms. The molecule has 1 heterocycles. The zero-order chi connectivity index (χ0) is 15.5. The number of nitrogens with zero attached hydrogens (tertiary/aromatic N) is 1. The predicted octanol–water partition coefficient (Wildman–Crippen LogP) is 3.18. The summed E-state index contributed by atoms with van der Waals surface area (Å²) in [4.78, 5) is 16.0. The zero-order valence-electron chi connectivity index (χ0n) is 11.7. The summed E-state index contributed by atoms with van der Waals surface area (Å²) in [6.07, 6.45) is 1.58. The van der Waals surface area contributed by atoms with Crippen LogP contribution in [0, 0.1) is 5.82 Å². The number of hydrogen-bond acceptors (Lipinski definition) is 4. The maximum atomic E-state index is 13.2. The van der Waals surface area contributed by atoms with Crippen LogP contribution in [0.4, 0.5) is 4.39 Å². The van der Waals surface area contributed by atoms with Crippen molar-refractivity contribution in [2.75, 3.05) is 7.11 Å². The van der Waals surface area contributed by atoms with Gasteiger partial charge in [-0.05, 0) is 30.3 Å². The van der Waals surface area contributed by atoms with E-state index in [-0.39, 0.29) is 11.6 Å². The van der Waals surface area contributed by atoms with Crippen molar-refractivity contribution >= 4 is 17.9 Å². The molecule has 0 amide bonds. The lowest BCUT2D eigenvalue weighted by Crippen LogP contribution is -2.05. The Hall–Kier alpha value is -2.95. The largest absolute Gasteiger partial charge is 0.496 e. The van der Waals surface area contributed by atoms with Gasteiger partial charge in [0.25, 0.3) is 0 Å². The Bertz CT molecular complexity index is 796. The van der Waals surface area contributed by atoms with Gasteiger partial charge in [-0.3, -0.25) is 0 Å². The summed E-state index contributed by atoms with van der Waals surface area (Å²) in [7, 11) is 1.55. The predicted molar refractivity (Wildman–Crippen MR) is 80.0 cm³/mol. The molecular formula is C17H12FNO3. The number of benzene rings is 2. The summed E-state index contributed by atoms with van der Waals surface area (Å²) in [5, 5.41) is 0. The topological polar surface area (TPSA) is 47.9 Å². The van der Waals surface area contributed by atoms with E-state index in [9.17, 15) is 9.18 Å². The first-order valence-electron chi connectivity index (χ1n) is 6.59. The van der Waals surface area contributed by atoms with Crippen LogP contribution >= 0.6 is 0 Å². The molecule has 0 fully saturated rings. The number of methoxy groups -OCH3 is 1. The molecule has 0 bridgehead atoms. The first-order chi connectivity index (χ1) is 10.7. The van der Waals surface area contributed by atoms with E-state index in [4.69, 9.17) is 9.47 Å². The van der Waals surface area contributed by atoms with Gasteiger partial charge in [-0.15, -0.1) is 0 Å². The van der Waals surface area contributed by atoms with Crippen LogP contribution in [0.15, 0.2) is 59.2 Å². The van der Waals surface area contributed by atoms with Crippen LogP contribution in [0.1, 0.15) is 11.1 Å². The second-order valence-corrected chi connectivity index (χ2v) is 4.59. The number of cyclic esters (lactones) is 1. The molecule has 0 radical (unpaired) electrons. The lowest BCUT2D eigenvalue weighted by atomic mass is 10.1. The minimum absolute atomic E-state index is 0.0886. The van der Waals surface area contributed by atoms with Crippen LogP contribution in [0.3, 0.4) is 0 Å². The van der Waals surface area contributed by atoms with Gasteiger partial charge in [-0.2, -0.15) is 0 Å². The Morgan fingerprint density at radius 3 is 2.77 bits per heavy atom. The maximum Gasteiger partial charge on any atom is 0.363 e. The van der Waals surface area contributed by atoms with E-state index in [2.05, 4.69) is 4.99 Å². The molecule has 3 rings (SSSR count). The molecule has 0 aromatic heterocycles. The van der Waals surface area contributed by atoms with Crippen LogP contribution < -0.4 is 4.74 Å². The van der Waals surface area contributed by atoms with Gasteiger partial charge in [0.1, 0.15) is 11.6 Å². The zero-order valence-corrected chi connectivity index (χ0v) is 11.7. The van der Waals surface area contributed by atoms with E-state index in [1.54, 1.807) is 31.4 Å². The number of esters is 1. The van der Waals surface area contributed by atoms with Gasteiger partial charge in [0, 0.05) is 11.1 Å². The van der Waals surface area contributed by atoms with Crippen molar-refractivity contribution in [1.29, 1.82) is 0 Å². The first kappa shape index (κ1) is 14.0. The molecule has 1 aliphatic heterocycles. The highest BCUT2D eigenvalue weighted by atomic mass is 19.1. The second-order valence-electron chi connectivity index (χ2n) is 4.59. The average Bonchev–Trinajstić information content (AvgIpc) is 2.89. The Balaban J connectivity index is 1.98. The maximum absolute atomic E-state index is 13.2. The van der Waals surface area contributed by atoms with E-state index >= 15 is 0 Å². The summed E-state index contributed by atoms with van der Waals surface area (Å²) < 4.78 is 23.6. The van der Waals surface area contributed by atoms with Gasteiger partial charge >= 0.3 is 5.97 Å². The average molecular weight is 297 g/mol. The fourth-order valence-electron chi connectivity index (χ4n) is 2.09. The van der Waals surface area contributed by atoms with Gasteiger partial charge in [0.15, 0.2) is 5.70 Å². The van der Waals surface area contributed by atoms with Crippen LogP contribution in [0.2, 0.25) is 0 Å². The van der Waals surface area contributed by atoms with Crippen LogP contribution in [0.25, 0.3) is 6.08 Å². The lowest BCUT2D eigenvalue weighted by Gasteiger charge is -2.03. The first-order valence-corrected chi connectivity index (χ1v) is 6.59. The van der Waals surface area contributed by atoms with Gasteiger partial charge in [-0.1, -0.05) is 24.3 Å². The smallest absolute Gasteiger partial charge is 0.363 e. The Kier molecular flexibility index (Phi) is 3.70. The number of rotatable bonds is 3. The van der Waals surface area contributed by atoms with Crippen molar-refractivity contribution in [3.05, 3.63) is 71.2 Å². The molecule has 0 saturated heterocycles. The highest BCUT2D eigenvalue weighted by molar-refractivity contribution is 6.12. The molecule has 0 unspecified atom stereocenters. The van der Waals surface area contributed by atoms with Crippen molar-refractivity contribution < 1.29 is 18.7 Å². The van der Waals surface area contributed by atoms with Crippen molar-refractivity contribution in [2.24, 2.45) is 4.99 Å². The third-order valence-electron chi connectivity index (χ3n) is 3.12. The lowest BCUT2D eigenvalue weighted by molar-refractivity contribution is -0.129. The normalized spacial score (nSPS) is 15.6. The summed E-state index contributed by atoms with van der Waals surface area (Å²) in [6.45, 7) is 0. The van der Waals surface area contributed by atoms with E-state index in [0.29, 0.717) is 16.9 Å². The summed E-state index contributed by atoms with van der Waals surface area (Å²) in [6, 6.07) is 13.0. The molecule has 0 saturated carbocycles. The molecule has 4 nitrogen and oxygen atoms in total. The fourth-order valence-corrected chi connectivity index (χ4v) is 2.09. The van der Waals surface area contributed by atoms with Crippen LogP contribution in [-0.4, -0.2) is 19.0 Å². The monoisotopic (exact) mass is 297 g/mol. The number of ether oxygens (including phenoxy) is 2. The number of carbonyl (C=O) groups excluding carboxylic acids is 1. The van der Waals surface area contributed by atoms with Gasteiger partial charge in [0.2, 0.25) is 5.90 Å². The van der Waals surface area contributed by atoms with E-state index in [1.807, 2.05) is 12.1 Å². The summed E-state index contributed by atoms with van der Waals surface area (Å²) >= 11 is 0. The molecule has 0 aliphatic carbocycles. The SMILES string of the molecule is COc1ccccc1/C=C1/N=C(c2cccc(F)c2)OC1=O. The highest BCUT2D eigenvalue weighted by Gasteiger charge is 2.24. The van der Waals surface area contributed by atoms with Crippen molar-refractivity contribution in [3.8, 4) is 5.75 Å². The molecule has 110 valence electrons. The van der Waals surface area contributed by atoms with Crippen molar-refractivity contribution in [3.63, 3.8) is 0 Å². The molecule has 0 spiro atoms. The van der Waals surface area contributed by atoms with Crippen molar-refractivity contribution in [1.82, 2.24) is 0 Å². The van der Waals surface area contributed by atoms with E-state index in [0.717, 1.165) is 0 Å². The fraction of sp³-hybridized carbons (Fsp3) is 0.0588. The third-order valence-corrected chi connectivity index (χ3v) is 3.12. The Morgan fingerprint density at radius 1 is 1.18 bits per heavy atom. The van der Waals surface area contributed by atoms with Crippen LogP contribution in [0.5, 0.6) is 5.75 Å². The summed E-state index contributed by atoms with van der Waals surface area (Å²) in [5.41, 5.74) is 1.27. The van der Waals surface area contributed by atoms with Crippen LogP contribution in [-0.2, 0) is 9.53 Å². The number of halogens is 1. The Labute approximate surface area is 126 Å². The van der Waals surface area contributed by atoms with E-state index < -0.39 is 11.8 Å². The molecule has 2 aromatic carbocycles. The molecule has 0 N–H and O–H groups in total. The summed E-state index contributed by atoms with van der Waals surface area (Å²) in [5.74, 6) is -0.286. The quantitative estimate of drug-likeness (QED) is 0.646. The molecule has 0 atom stereocenters. The Morgan fingerprint density at radius 2 is 2.00 bits per heavy atom. The number of hydrogen-bond donors (Lipinski definition) is 0. The minimum atomic E-state index is -0.579. The van der Waals surface area contributed by atoms with Gasteiger partial charge in [-0.25, -0.2) is 14.2 Å². The minimum Gasteiger partial charge on any atom is -0.496 e. The molecule has 2 aromatic rings. The molecule has 22 heavy (non-hydrogen) atoms. The van der Waals surface area contributed by atoms with Gasteiger partial charge in [0.05, 0.1) is 7.11 Å². The van der Waals surface area contributed by atoms with Crippen molar-refractivity contribution in [2.45, 2.75) is 0 Å². The molecule has 1 aliphatic rings. The van der Waals surface area contributed by atoms with Gasteiger partial charge < -0.3 is 9.47 Å². The second kappa shape index (κ2) is 5.81.